The second-order valence-corrected chi connectivity index (χ2v) is 10.2. The molecule has 0 spiro atoms. The summed E-state index contributed by atoms with van der Waals surface area (Å²) in [4.78, 5) is 0.822. The number of hydrogen-bond donors (Lipinski definition) is 0. The molecule has 1 saturated carbocycles. The van der Waals surface area contributed by atoms with Crippen LogP contribution < -0.4 is 9.47 Å². The molecular weight excluding hydrogens is 394 g/mol. The van der Waals surface area contributed by atoms with Crippen molar-refractivity contribution in [3.05, 3.63) is 54.1 Å². The van der Waals surface area contributed by atoms with Crippen molar-refractivity contribution in [2.45, 2.75) is 69.4 Å². The largest absolute Gasteiger partial charge is 0.493 e. The first kappa shape index (κ1) is 21.4. The van der Waals surface area contributed by atoms with Crippen LogP contribution in [0.4, 0.5) is 0 Å². The van der Waals surface area contributed by atoms with Crippen LogP contribution in [0.3, 0.4) is 0 Å². The van der Waals surface area contributed by atoms with Crippen molar-refractivity contribution in [3.8, 4) is 11.5 Å². The van der Waals surface area contributed by atoms with Crippen LogP contribution in [-0.2, 0) is 11.0 Å². The molecule has 162 valence electrons. The van der Waals surface area contributed by atoms with Crippen molar-refractivity contribution >= 4 is 11.0 Å². The summed E-state index contributed by atoms with van der Waals surface area (Å²) in [6.07, 6.45) is 7.51. The van der Waals surface area contributed by atoms with E-state index in [0.29, 0.717) is 12.5 Å². The summed E-state index contributed by atoms with van der Waals surface area (Å²) in [5.41, 5.74) is 1.22. The fourth-order valence-electron chi connectivity index (χ4n) is 4.43. The molecule has 2 aliphatic rings. The number of nitrogens with zero attached hydrogens (tertiary/aromatic N) is 1. The van der Waals surface area contributed by atoms with Gasteiger partial charge in [-0.25, -0.2) is 8.51 Å². The van der Waals surface area contributed by atoms with Crippen molar-refractivity contribution < 1.29 is 13.7 Å². The fourth-order valence-corrected chi connectivity index (χ4v) is 5.79. The van der Waals surface area contributed by atoms with Crippen LogP contribution in [0.5, 0.6) is 11.5 Å². The van der Waals surface area contributed by atoms with Gasteiger partial charge in [0.25, 0.3) is 0 Å². The van der Waals surface area contributed by atoms with Gasteiger partial charge >= 0.3 is 0 Å². The third kappa shape index (κ3) is 5.44. The van der Waals surface area contributed by atoms with Crippen molar-refractivity contribution in [3.63, 3.8) is 0 Å². The summed E-state index contributed by atoms with van der Waals surface area (Å²) in [5, 5.41) is 0. The molecule has 0 amide bonds. The first-order valence-electron chi connectivity index (χ1n) is 11.2. The van der Waals surface area contributed by atoms with Crippen LogP contribution >= 0.6 is 0 Å². The fraction of sp³-hybridized carbons (Fsp3) is 0.520. The highest BCUT2D eigenvalue weighted by Crippen LogP contribution is 2.28. The normalized spacial score (nSPS) is 23.9. The minimum atomic E-state index is -1.19. The van der Waals surface area contributed by atoms with Gasteiger partial charge in [0, 0.05) is 19.0 Å². The van der Waals surface area contributed by atoms with Crippen molar-refractivity contribution in [1.82, 2.24) is 4.31 Å². The van der Waals surface area contributed by atoms with Gasteiger partial charge in [-0.05, 0) is 69.0 Å². The Morgan fingerprint density at radius 1 is 0.967 bits per heavy atom. The molecule has 1 heterocycles. The van der Waals surface area contributed by atoms with Crippen LogP contribution in [-0.4, -0.2) is 33.8 Å². The molecule has 1 unspecified atom stereocenters. The molecule has 30 heavy (non-hydrogen) atoms. The number of aryl methyl sites for hydroxylation is 1. The molecule has 4 nitrogen and oxygen atoms in total. The highest BCUT2D eigenvalue weighted by molar-refractivity contribution is 7.82. The minimum absolute atomic E-state index is 0.0600. The Kier molecular flexibility index (Phi) is 7.11. The van der Waals surface area contributed by atoms with Gasteiger partial charge < -0.3 is 9.47 Å². The zero-order valence-electron chi connectivity index (χ0n) is 18.1. The quantitative estimate of drug-likeness (QED) is 0.584. The molecule has 2 aromatic carbocycles. The van der Waals surface area contributed by atoms with Gasteiger partial charge in [0.1, 0.15) is 28.6 Å². The lowest BCUT2D eigenvalue weighted by Crippen LogP contribution is -2.30. The molecule has 2 fully saturated rings. The molecular formula is C25H33NO3S. The van der Waals surface area contributed by atoms with Gasteiger partial charge in [0.05, 0.1) is 11.5 Å². The Morgan fingerprint density at radius 3 is 2.33 bits per heavy atom. The van der Waals surface area contributed by atoms with E-state index in [0.717, 1.165) is 29.4 Å². The second kappa shape index (κ2) is 9.97. The van der Waals surface area contributed by atoms with Crippen LogP contribution in [0.25, 0.3) is 0 Å². The third-order valence-corrected chi connectivity index (χ3v) is 7.86. The predicted molar refractivity (Wildman–Crippen MR) is 121 cm³/mol. The Bertz CT molecular complexity index is 830. The molecule has 0 bridgehead atoms. The lowest BCUT2D eigenvalue weighted by molar-refractivity contribution is 0.208. The van der Waals surface area contributed by atoms with Gasteiger partial charge in [-0.1, -0.05) is 37.0 Å². The molecule has 0 radical (unpaired) electrons. The van der Waals surface area contributed by atoms with E-state index in [1.54, 1.807) is 0 Å². The lowest BCUT2D eigenvalue weighted by atomic mass is 9.90. The maximum Gasteiger partial charge on any atom is 0.127 e. The van der Waals surface area contributed by atoms with Gasteiger partial charge in [0.2, 0.25) is 0 Å². The van der Waals surface area contributed by atoms with Gasteiger partial charge in [-0.15, -0.1) is 0 Å². The van der Waals surface area contributed by atoms with E-state index in [-0.39, 0.29) is 12.1 Å². The molecule has 4 rings (SSSR count). The van der Waals surface area contributed by atoms with Gasteiger partial charge in [-0.2, -0.15) is 0 Å². The minimum Gasteiger partial charge on any atom is -0.493 e. The van der Waals surface area contributed by atoms with E-state index in [1.165, 1.54) is 37.7 Å². The molecule has 0 N–H and O–H groups in total. The zero-order valence-corrected chi connectivity index (χ0v) is 18.9. The molecule has 0 aromatic heterocycles. The number of ether oxygens (including phenoxy) is 2. The summed E-state index contributed by atoms with van der Waals surface area (Å²) < 4.78 is 27.3. The maximum absolute atomic E-state index is 13.2. The van der Waals surface area contributed by atoms with E-state index in [9.17, 15) is 4.21 Å². The van der Waals surface area contributed by atoms with Crippen molar-refractivity contribution in [2.24, 2.45) is 5.92 Å². The molecule has 3 atom stereocenters. The first-order chi connectivity index (χ1) is 14.6. The topological polar surface area (TPSA) is 38.8 Å². The Balaban J connectivity index is 1.31. The maximum atomic E-state index is 13.2. The van der Waals surface area contributed by atoms with E-state index >= 15 is 0 Å². The number of hydrogen-bond acceptors (Lipinski definition) is 3. The van der Waals surface area contributed by atoms with Gasteiger partial charge in [0.15, 0.2) is 0 Å². The highest BCUT2D eigenvalue weighted by atomic mass is 32.2. The van der Waals surface area contributed by atoms with Crippen LogP contribution in [0.15, 0.2) is 53.4 Å². The average molecular weight is 428 g/mol. The average Bonchev–Trinajstić information content (AvgIpc) is 3.14. The summed E-state index contributed by atoms with van der Waals surface area (Å²) in [6.45, 7) is 5.65. The standard InChI is InChI=1S/C25H33NO3S/c1-19-8-10-23(11-9-19)29-24-16-20(2)26(17-24)30(27)25-14-12-22(13-15-25)28-18-21-6-4-3-5-7-21/h8-15,20-21,24H,3-7,16-18H2,1-2H3/t20-,24-,30?/m1/s1. The summed E-state index contributed by atoms with van der Waals surface area (Å²) in [6, 6.07) is 16.1. The molecule has 2 aromatic rings. The Hall–Kier alpha value is -1.85. The molecule has 1 saturated heterocycles. The molecule has 1 aliphatic carbocycles. The van der Waals surface area contributed by atoms with E-state index in [1.807, 2.05) is 40.7 Å². The SMILES string of the molecule is Cc1ccc(O[C@@H]2C[C@@H](C)N(S(=O)c3ccc(OCC4CCCCC4)cc3)C2)cc1. The van der Waals surface area contributed by atoms with E-state index in [4.69, 9.17) is 9.47 Å². The Labute approximate surface area is 183 Å². The number of rotatable bonds is 7. The third-order valence-electron chi connectivity index (χ3n) is 6.25. The Morgan fingerprint density at radius 2 is 1.63 bits per heavy atom. The van der Waals surface area contributed by atoms with Crippen molar-refractivity contribution in [1.29, 1.82) is 0 Å². The summed E-state index contributed by atoms with van der Waals surface area (Å²) in [7, 11) is -1.19. The van der Waals surface area contributed by atoms with Crippen LogP contribution in [0.1, 0.15) is 51.0 Å². The first-order valence-corrected chi connectivity index (χ1v) is 12.3. The van der Waals surface area contributed by atoms with Gasteiger partial charge in [-0.3, -0.25) is 0 Å². The lowest BCUT2D eigenvalue weighted by Gasteiger charge is -2.22. The smallest absolute Gasteiger partial charge is 0.127 e. The summed E-state index contributed by atoms with van der Waals surface area (Å²) in [5.74, 6) is 2.43. The van der Waals surface area contributed by atoms with Crippen LogP contribution in [0, 0.1) is 12.8 Å². The molecule has 5 heteroatoms. The second-order valence-electron chi connectivity index (χ2n) is 8.77. The number of benzene rings is 2. The zero-order chi connectivity index (χ0) is 20.9. The van der Waals surface area contributed by atoms with E-state index < -0.39 is 11.0 Å². The van der Waals surface area contributed by atoms with Crippen LogP contribution in [0.2, 0.25) is 0 Å². The summed E-state index contributed by atoms with van der Waals surface area (Å²) >= 11 is 0. The van der Waals surface area contributed by atoms with E-state index in [2.05, 4.69) is 26.0 Å². The highest BCUT2D eigenvalue weighted by Gasteiger charge is 2.34. The molecule has 1 aliphatic heterocycles. The monoisotopic (exact) mass is 427 g/mol. The van der Waals surface area contributed by atoms with Crippen molar-refractivity contribution in [2.75, 3.05) is 13.2 Å². The predicted octanol–water partition coefficient (Wildman–Crippen LogP) is 5.52.